The third-order valence-electron chi connectivity index (χ3n) is 4.29. The maximum absolute atomic E-state index is 3.93. The van der Waals surface area contributed by atoms with Crippen LogP contribution in [0.4, 0.5) is 0 Å². The molecule has 1 atom stereocenters. The topological polar surface area (TPSA) is 15.3 Å². The molecule has 0 saturated heterocycles. The molecular weight excluding hydrogens is 244 g/mol. The molecular formula is C18H30N2. The second kappa shape index (κ2) is 8.43. The summed E-state index contributed by atoms with van der Waals surface area (Å²) in [6.07, 6.45) is 9.74. The summed E-state index contributed by atoms with van der Waals surface area (Å²) >= 11 is 0. The molecule has 1 unspecified atom stereocenters. The van der Waals surface area contributed by atoms with Gasteiger partial charge < -0.3 is 10.2 Å². The summed E-state index contributed by atoms with van der Waals surface area (Å²) in [5.74, 6) is 0. The zero-order chi connectivity index (χ0) is 14.2. The minimum atomic E-state index is 0.454. The Morgan fingerprint density at radius 3 is 2.20 bits per heavy atom. The number of rotatable bonds is 5. The molecule has 112 valence electrons. The van der Waals surface area contributed by atoms with Crippen LogP contribution in [0.5, 0.6) is 0 Å². The SMILES string of the molecule is CN(C)CC(NC1CCCCCCC1)c1ccccc1. The van der Waals surface area contributed by atoms with Crippen LogP contribution in [0.25, 0.3) is 0 Å². The van der Waals surface area contributed by atoms with Crippen LogP contribution in [0.15, 0.2) is 30.3 Å². The van der Waals surface area contributed by atoms with Crippen molar-refractivity contribution in [3.63, 3.8) is 0 Å². The van der Waals surface area contributed by atoms with Gasteiger partial charge in [-0.05, 0) is 32.5 Å². The van der Waals surface area contributed by atoms with Crippen molar-refractivity contribution >= 4 is 0 Å². The summed E-state index contributed by atoms with van der Waals surface area (Å²) in [4.78, 5) is 2.29. The Morgan fingerprint density at radius 2 is 1.60 bits per heavy atom. The monoisotopic (exact) mass is 274 g/mol. The van der Waals surface area contributed by atoms with Crippen LogP contribution in [0.3, 0.4) is 0 Å². The molecule has 20 heavy (non-hydrogen) atoms. The summed E-state index contributed by atoms with van der Waals surface area (Å²) in [6.45, 7) is 1.07. The molecule has 0 aromatic heterocycles. The molecule has 1 saturated carbocycles. The van der Waals surface area contributed by atoms with Gasteiger partial charge in [-0.2, -0.15) is 0 Å². The van der Waals surface area contributed by atoms with E-state index in [1.807, 2.05) is 0 Å². The van der Waals surface area contributed by atoms with E-state index in [4.69, 9.17) is 0 Å². The minimum Gasteiger partial charge on any atom is -0.308 e. The summed E-state index contributed by atoms with van der Waals surface area (Å²) in [5, 5.41) is 3.93. The predicted molar refractivity (Wildman–Crippen MR) is 87.0 cm³/mol. The van der Waals surface area contributed by atoms with Crippen LogP contribution in [0.2, 0.25) is 0 Å². The fourth-order valence-electron chi connectivity index (χ4n) is 3.21. The molecule has 1 aliphatic rings. The van der Waals surface area contributed by atoms with Crippen molar-refractivity contribution in [3.8, 4) is 0 Å². The lowest BCUT2D eigenvalue weighted by Crippen LogP contribution is -2.38. The molecule has 1 fully saturated rings. The molecule has 0 heterocycles. The predicted octanol–water partition coefficient (Wildman–Crippen LogP) is 3.99. The summed E-state index contributed by atoms with van der Waals surface area (Å²) in [7, 11) is 4.32. The molecule has 1 aromatic carbocycles. The average Bonchev–Trinajstić information content (AvgIpc) is 2.41. The highest BCUT2D eigenvalue weighted by molar-refractivity contribution is 5.19. The Morgan fingerprint density at radius 1 is 1.00 bits per heavy atom. The number of nitrogens with zero attached hydrogens (tertiary/aromatic N) is 1. The highest BCUT2D eigenvalue weighted by Crippen LogP contribution is 2.21. The number of hydrogen-bond acceptors (Lipinski definition) is 2. The Labute approximate surface area is 124 Å². The molecule has 1 aromatic rings. The lowest BCUT2D eigenvalue weighted by molar-refractivity contribution is 0.294. The van der Waals surface area contributed by atoms with Crippen molar-refractivity contribution in [2.45, 2.75) is 57.0 Å². The smallest absolute Gasteiger partial charge is 0.0451 e. The van der Waals surface area contributed by atoms with Gasteiger partial charge in [0.1, 0.15) is 0 Å². The lowest BCUT2D eigenvalue weighted by Gasteiger charge is -2.29. The molecule has 1 N–H and O–H groups in total. The van der Waals surface area contributed by atoms with Gasteiger partial charge in [0, 0.05) is 18.6 Å². The van der Waals surface area contributed by atoms with Gasteiger partial charge in [-0.1, -0.05) is 62.4 Å². The van der Waals surface area contributed by atoms with Gasteiger partial charge in [-0.3, -0.25) is 0 Å². The third kappa shape index (κ3) is 5.26. The van der Waals surface area contributed by atoms with E-state index in [-0.39, 0.29) is 0 Å². The van der Waals surface area contributed by atoms with Crippen molar-refractivity contribution in [1.29, 1.82) is 0 Å². The van der Waals surface area contributed by atoms with Crippen LogP contribution in [-0.2, 0) is 0 Å². The van der Waals surface area contributed by atoms with Crippen LogP contribution in [-0.4, -0.2) is 31.6 Å². The van der Waals surface area contributed by atoms with Gasteiger partial charge in [0.05, 0.1) is 0 Å². The fraction of sp³-hybridized carbons (Fsp3) is 0.667. The van der Waals surface area contributed by atoms with E-state index in [2.05, 4.69) is 54.6 Å². The Balaban J connectivity index is 1.99. The lowest BCUT2D eigenvalue weighted by atomic mass is 9.95. The normalized spacial score (nSPS) is 19.6. The Bertz CT molecular complexity index is 353. The molecule has 2 heteroatoms. The first kappa shape index (κ1) is 15.5. The van der Waals surface area contributed by atoms with Gasteiger partial charge >= 0.3 is 0 Å². The molecule has 1 aliphatic carbocycles. The molecule has 0 amide bonds. The van der Waals surface area contributed by atoms with Crippen LogP contribution >= 0.6 is 0 Å². The van der Waals surface area contributed by atoms with Gasteiger partial charge in [-0.25, -0.2) is 0 Å². The number of likely N-dealkylation sites (N-methyl/N-ethyl adjacent to an activating group) is 1. The number of nitrogens with one attached hydrogen (secondary N) is 1. The van der Waals surface area contributed by atoms with Gasteiger partial charge in [-0.15, -0.1) is 0 Å². The van der Waals surface area contributed by atoms with E-state index >= 15 is 0 Å². The van der Waals surface area contributed by atoms with Crippen molar-refractivity contribution in [2.24, 2.45) is 0 Å². The molecule has 0 radical (unpaired) electrons. The van der Waals surface area contributed by atoms with E-state index in [0.29, 0.717) is 12.1 Å². The molecule has 2 rings (SSSR count). The van der Waals surface area contributed by atoms with Crippen molar-refractivity contribution in [1.82, 2.24) is 10.2 Å². The summed E-state index contributed by atoms with van der Waals surface area (Å²) in [6, 6.07) is 12.1. The summed E-state index contributed by atoms with van der Waals surface area (Å²) < 4.78 is 0. The first-order valence-corrected chi connectivity index (χ1v) is 8.21. The third-order valence-corrected chi connectivity index (χ3v) is 4.29. The van der Waals surface area contributed by atoms with E-state index < -0.39 is 0 Å². The van der Waals surface area contributed by atoms with E-state index in [9.17, 15) is 0 Å². The number of benzene rings is 1. The standard InChI is InChI=1S/C18H30N2/c1-20(2)15-18(16-11-7-6-8-12-16)19-17-13-9-4-3-5-10-14-17/h6-8,11-12,17-19H,3-5,9-10,13-15H2,1-2H3. The quantitative estimate of drug-likeness (QED) is 0.873. The van der Waals surface area contributed by atoms with E-state index in [1.54, 1.807) is 0 Å². The highest BCUT2D eigenvalue weighted by Gasteiger charge is 2.18. The Kier molecular flexibility index (Phi) is 6.55. The van der Waals surface area contributed by atoms with Crippen molar-refractivity contribution < 1.29 is 0 Å². The van der Waals surface area contributed by atoms with Crippen LogP contribution in [0.1, 0.15) is 56.6 Å². The molecule has 0 aliphatic heterocycles. The van der Waals surface area contributed by atoms with Gasteiger partial charge in [0.15, 0.2) is 0 Å². The van der Waals surface area contributed by atoms with Crippen molar-refractivity contribution in [2.75, 3.05) is 20.6 Å². The fourth-order valence-corrected chi connectivity index (χ4v) is 3.21. The molecule has 0 spiro atoms. The first-order chi connectivity index (χ1) is 9.75. The largest absolute Gasteiger partial charge is 0.308 e. The first-order valence-electron chi connectivity index (χ1n) is 8.21. The second-order valence-corrected chi connectivity index (χ2v) is 6.43. The minimum absolute atomic E-state index is 0.454. The number of hydrogen-bond donors (Lipinski definition) is 1. The summed E-state index contributed by atoms with van der Waals surface area (Å²) in [5.41, 5.74) is 1.42. The van der Waals surface area contributed by atoms with Crippen molar-refractivity contribution in [3.05, 3.63) is 35.9 Å². The zero-order valence-electron chi connectivity index (χ0n) is 13.1. The maximum atomic E-state index is 3.93. The van der Waals surface area contributed by atoms with E-state index in [1.165, 1.54) is 50.5 Å². The van der Waals surface area contributed by atoms with E-state index in [0.717, 1.165) is 6.54 Å². The maximum Gasteiger partial charge on any atom is 0.0451 e. The van der Waals surface area contributed by atoms with Crippen LogP contribution < -0.4 is 5.32 Å². The molecule has 2 nitrogen and oxygen atoms in total. The Hall–Kier alpha value is -0.860. The molecule has 0 bridgehead atoms. The van der Waals surface area contributed by atoms with Gasteiger partial charge in [0.25, 0.3) is 0 Å². The highest BCUT2D eigenvalue weighted by atomic mass is 15.1. The van der Waals surface area contributed by atoms with Gasteiger partial charge in [0.2, 0.25) is 0 Å². The average molecular weight is 274 g/mol. The van der Waals surface area contributed by atoms with Crippen LogP contribution in [0, 0.1) is 0 Å². The zero-order valence-corrected chi connectivity index (χ0v) is 13.1. The second-order valence-electron chi connectivity index (χ2n) is 6.43.